The van der Waals surface area contributed by atoms with E-state index in [4.69, 9.17) is 9.47 Å². The molecule has 3 aromatic rings. The second-order valence-electron chi connectivity index (χ2n) is 11.9. The summed E-state index contributed by atoms with van der Waals surface area (Å²) in [5, 5.41) is 9.06. The summed E-state index contributed by atoms with van der Waals surface area (Å²) in [5.74, 6) is 0.839. The Kier molecular flexibility index (Phi) is 12.2. The Balaban J connectivity index is 1.50. The third-order valence-corrected chi connectivity index (χ3v) is 7.96. The maximum Gasteiger partial charge on any atom is 0.318 e. The number of amides is 4. The fraction of sp³-hybridized carbons (Fsp3) is 0.417. The summed E-state index contributed by atoms with van der Waals surface area (Å²) < 4.78 is 12.5. The molecule has 4 rings (SSSR count). The van der Waals surface area contributed by atoms with Gasteiger partial charge in [0, 0.05) is 26.1 Å². The standard InChI is InChI=1S/C36H46N4O5/c1-25(2)33(40-22-12-20-38-36(40)43)35(42)37-21-19-31(45-29-17-9-6-10-18-29)30(23-28-15-7-5-8-16-28)39-32(41)24-44-34-26(3)13-11-14-27(34)4/h5-11,13-18,25,30-31,33H,12,19-24H2,1-4H3,(H,37,42)(H,38,43)(H,39,41)/t30?,31-,33-/m0/s1. The number of hydrogen-bond donors (Lipinski definition) is 3. The summed E-state index contributed by atoms with van der Waals surface area (Å²) in [5.41, 5.74) is 2.97. The van der Waals surface area contributed by atoms with Gasteiger partial charge in [-0.15, -0.1) is 0 Å². The van der Waals surface area contributed by atoms with Crippen LogP contribution in [0.3, 0.4) is 0 Å². The van der Waals surface area contributed by atoms with Crippen LogP contribution in [0, 0.1) is 19.8 Å². The maximum absolute atomic E-state index is 13.4. The van der Waals surface area contributed by atoms with Gasteiger partial charge in [0.1, 0.15) is 23.6 Å². The first kappa shape index (κ1) is 33.4. The highest BCUT2D eigenvalue weighted by Gasteiger charge is 2.34. The van der Waals surface area contributed by atoms with E-state index in [1.165, 1.54) is 0 Å². The summed E-state index contributed by atoms with van der Waals surface area (Å²) >= 11 is 0. The number of carbonyl (C=O) groups excluding carboxylic acids is 3. The Bertz CT molecular complexity index is 1380. The molecule has 0 radical (unpaired) electrons. The quantitative estimate of drug-likeness (QED) is 0.228. The SMILES string of the molecule is Cc1cccc(C)c1OCC(=O)NC(Cc1ccccc1)[C@H](CCNC(=O)[C@H](C(C)C)N1CCCNC1=O)Oc1ccccc1. The van der Waals surface area contributed by atoms with Crippen molar-refractivity contribution >= 4 is 17.8 Å². The highest BCUT2D eigenvalue weighted by Crippen LogP contribution is 2.23. The van der Waals surface area contributed by atoms with Crippen LogP contribution in [0.4, 0.5) is 4.79 Å². The molecule has 9 heteroatoms. The lowest BCUT2D eigenvalue weighted by molar-refractivity contribution is -0.127. The third kappa shape index (κ3) is 9.73. The van der Waals surface area contributed by atoms with E-state index in [1.54, 1.807) is 4.90 Å². The highest BCUT2D eigenvalue weighted by atomic mass is 16.5. The normalized spacial score (nSPS) is 15.0. The van der Waals surface area contributed by atoms with Gasteiger partial charge in [0.25, 0.3) is 5.91 Å². The van der Waals surface area contributed by atoms with Crippen molar-refractivity contribution in [2.75, 3.05) is 26.2 Å². The van der Waals surface area contributed by atoms with Crippen LogP contribution in [-0.2, 0) is 16.0 Å². The van der Waals surface area contributed by atoms with Gasteiger partial charge in [0.05, 0.1) is 6.04 Å². The lowest BCUT2D eigenvalue weighted by Gasteiger charge is -2.36. The van der Waals surface area contributed by atoms with E-state index in [-0.39, 0.29) is 30.4 Å². The maximum atomic E-state index is 13.4. The molecule has 240 valence electrons. The zero-order valence-corrected chi connectivity index (χ0v) is 26.8. The molecule has 1 heterocycles. The number of nitrogens with one attached hydrogen (secondary N) is 3. The Morgan fingerprint density at radius 3 is 2.24 bits per heavy atom. The van der Waals surface area contributed by atoms with Crippen molar-refractivity contribution < 1.29 is 23.9 Å². The lowest BCUT2D eigenvalue weighted by atomic mass is 9.98. The molecular formula is C36H46N4O5. The van der Waals surface area contributed by atoms with E-state index in [0.29, 0.717) is 44.0 Å². The molecule has 3 aromatic carbocycles. The number of ether oxygens (including phenoxy) is 2. The largest absolute Gasteiger partial charge is 0.488 e. The molecule has 0 bridgehead atoms. The van der Waals surface area contributed by atoms with Crippen molar-refractivity contribution in [2.45, 2.75) is 65.1 Å². The van der Waals surface area contributed by atoms with Gasteiger partial charge in [-0.2, -0.15) is 0 Å². The molecule has 0 aliphatic carbocycles. The second kappa shape index (κ2) is 16.5. The molecule has 3 atom stereocenters. The summed E-state index contributed by atoms with van der Waals surface area (Å²) in [6.45, 7) is 9.12. The molecule has 0 spiro atoms. The number of benzene rings is 3. The fourth-order valence-electron chi connectivity index (χ4n) is 5.73. The molecule has 3 N–H and O–H groups in total. The zero-order chi connectivity index (χ0) is 32.2. The van der Waals surface area contributed by atoms with Crippen molar-refractivity contribution in [1.82, 2.24) is 20.9 Å². The van der Waals surface area contributed by atoms with Crippen LogP contribution in [0.2, 0.25) is 0 Å². The average Bonchev–Trinajstić information content (AvgIpc) is 3.02. The highest BCUT2D eigenvalue weighted by molar-refractivity contribution is 5.87. The first-order valence-corrected chi connectivity index (χ1v) is 15.8. The van der Waals surface area contributed by atoms with E-state index in [0.717, 1.165) is 23.1 Å². The van der Waals surface area contributed by atoms with E-state index >= 15 is 0 Å². The Morgan fingerprint density at radius 2 is 1.60 bits per heavy atom. The average molecular weight is 615 g/mol. The van der Waals surface area contributed by atoms with E-state index < -0.39 is 18.2 Å². The molecular weight excluding hydrogens is 568 g/mol. The minimum absolute atomic E-state index is 0.0628. The molecule has 1 aliphatic heterocycles. The predicted octanol–water partition coefficient (Wildman–Crippen LogP) is 4.80. The molecule has 4 amide bonds. The minimum atomic E-state index is -0.583. The van der Waals surface area contributed by atoms with Crippen molar-refractivity contribution in [3.8, 4) is 11.5 Å². The van der Waals surface area contributed by atoms with Crippen LogP contribution >= 0.6 is 0 Å². The monoisotopic (exact) mass is 614 g/mol. The van der Waals surface area contributed by atoms with Crippen LogP contribution in [0.25, 0.3) is 0 Å². The molecule has 9 nitrogen and oxygen atoms in total. The Labute approximate surface area is 266 Å². The third-order valence-electron chi connectivity index (χ3n) is 7.96. The number of nitrogens with zero attached hydrogens (tertiary/aromatic N) is 1. The Hall–Kier alpha value is -4.53. The van der Waals surface area contributed by atoms with Crippen molar-refractivity contribution in [3.05, 3.63) is 95.6 Å². The minimum Gasteiger partial charge on any atom is -0.488 e. The first-order valence-electron chi connectivity index (χ1n) is 15.8. The number of para-hydroxylation sites is 2. The second-order valence-corrected chi connectivity index (χ2v) is 11.9. The zero-order valence-electron chi connectivity index (χ0n) is 26.8. The van der Waals surface area contributed by atoms with E-state index in [2.05, 4.69) is 16.0 Å². The van der Waals surface area contributed by atoms with Gasteiger partial charge >= 0.3 is 6.03 Å². The number of urea groups is 1. The number of rotatable bonds is 15. The topological polar surface area (TPSA) is 109 Å². The van der Waals surface area contributed by atoms with E-state index in [9.17, 15) is 14.4 Å². The number of carbonyl (C=O) groups is 3. The summed E-state index contributed by atoms with van der Waals surface area (Å²) in [7, 11) is 0. The van der Waals surface area contributed by atoms with E-state index in [1.807, 2.05) is 107 Å². The van der Waals surface area contributed by atoms with Crippen LogP contribution in [0.15, 0.2) is 78.9 Å². The van der Waals surface area contributed by atoms with Gasteiger partial charge < -0.3 is 30.3 Å². The molecule has 1 fully saturated rings. The van der Waals surface area contributed by atoms with Crippen LogP contribution in [0.1, 0.15) is 43.4 Å². The molecule has 1 unspecified atom stereocenters. The van der Waals surface area contributed by atoms with Crippen molar-refractivity contribution in [1.29, 1.82) is 0 Å². The van der Waals surface area contributed by atoms with Crippen LogP contribution in [0.5, 0.6) is 11.5 Å². The Morgan fingerprint density at radius 1 is 0.933 bits per heavy atom. The lowest BCUT2D eigenvalue weighted by Crippen LogP contribution is -2.58. The smallest absolute Gasteiger partial charge is 0.318 e. The van der Waals surface area contributed by atoms with Gasteiger partial charge in [0.15, 0.2) is 6.61 Å². The number of aryl methyl sites for hydroxylation is 2. The molecule has 45 heavy (non-hydrogen) atoms. The summed E-state index contributed by atoms with van der Waals surface area (Å²) in [6.07, 6.45) is 1.26. The summed E-state index contributed by atoms with van der Waals surface area (Å²) in [4.78, 5) is 40.9. The predicted molar refractivity (Wildman–Crippen MR) is 175 cm³/mol. The summed E-state index contributed by atoms with van der Waals surface area (Å²) in [6, 6.07) is 24.0. The molecule has 0 aromatic heterocycles. The van der Waals surface area contributed by atoms with Gasteiger partial charge in [-0.25, -0.2) is 4.79 Å². The van der Waals surface area contributed by atoms with Gasteiger partial charge in [-0.3, -0.25) is 9.59 Å². The van der Waals surface area contributed by atoms with Crippen molar-refractivity contribution in [2.24, 2.45) is 5.92 Å². The van der Waals surface area contributed by atoms with Gasteiger partial charge in [-0.1, -0.05) is 80.6 Å². The molecule has 1 saturated heterocycles. The van der Waals surface area contributed by atoms with Gasteiger partial charge in [0.2, 0.25) is 5.91 Å². The van der Waals surface area contributed by atoms with Crippen LogP contribution < -0.4 is 25.4 Å². The fourth-order valence-corrected chi connectivity index (χ4v) is 5.73. The molecule has 0 saturated carbocycles. The van der Waals surface area contributed by atoms with Gasteiger partial charge in [-0.05, 0) is 61.4 Å². The molecule has 1 aliphatic rings. The first-order chi connectivity index (χ1) is 21.7. The van der Waals surface area contributed by atoms with Crippen LogP contribution in [-0.4, -0.2) is 67.2 Å². The number of hydrogen-bond acceptors (Lipinski definition) is 5. The van der Waals surface area contributed by atoms with Crippen molar-refractivity contribution in [3.63, 3.8) is 0 Å².